The van der Waals surface area contributed by atoms with Gasteiger partial charge >= 0.3 is 6.36 Å². The molecule has 2 aliphatic rings. The molecule has 2 amide bonds. The lowest BCUT2D eigenvalue weighted by molar-refractivity contribution is -0.274. The van der Waals surface area contributed by atoms with Crippen LogP contribution in [-0.2, 0) is 4.79 Å². The van der Waals surface area contributed by atoms with E-state index in [9.17, 15) is 22.8 Å². The van der Waals surface area contributed by atoms with Gasteiger partial charge in [-0.1, -0.05) is 0 Å². The number of aromatic nitrogens is 2. The molecule has 2 saturated heterocycles. The second kappa shape index (κ2) is 9.68. The molecule has 0 saturated carbocycles. The van der Waals surface area contributed by atoms with Crippen molar-refractivity contribution in [1.29, 1.82) is 0 Å². The maximum absolute atomic E-state index is 15.0. The highest BCUT2D eigenvalue weighted by molar-refractivity contribution is 5.94. The van der Waals surface area contributed by atoms with E-state index < -0.39 is 17.9 Å². The second-order valence-corrected chi connectivity index (χ2v) is 9.65. The zero-order valence-corrected chi connectivity index (χ0v) is 20.1. The molecule has 1 N–H and O–H groups in total. The summed E-state index contributed by atoms with van der Waals surface area (Å²) in [4.78, 5) is 35.9. The van der Waals surface area contributed by atoms with Crippen LogP contribution in [0.2, 0.25) is 0 Å². The summed E-state index contributed by atoms with van der Waals surface area (Å²) in [5.74, 6) is -1.11. The molecule has 1 unspecified atom stereocenters. The van der Waals surface area contributed by atoms with Gasteiger partial charge in [-0.3, -0.25) is 9.59 Å². The monoisotopic (exact) mass is 518 g/mol. The smallest absolute Gasteiger partial charge is 0.406 e. The minimum atomic E-state index is -4.80. The summed E-state index contributed by atoms with van der Waals surface area (Å²) >= 11 is 0. The van der Waals surface area contributed by atoms with Gasteiger partial charge in [0, 0.05) is 61.2 Å². The molecule has 196 valence electrons. The van der Waals surface area contributed by atoms with E-state index in [4.69, 9.17) is 0 Å². The third-order valence-corrected chi connectivity index (χ3v) is 7.30. The number of fused-ring (bicyclic) bond motifs is 1. The summed E-state index contributed by atoms with van der Waals surface area (Å²) < 4.78 is 56.0. The molecular formula is C26H26F4N4O3. The van der Waals surface area contributed by atoms with Crippen molar-refractivity contribution < 1.29 is 31.9 Å². The first-order valence-electron chi connectivity index (χ1n) is 12.1. The van der Waals surface area contributed by atoms with Gasteiger partial charge in [0.05, 0.1) is 6.20 Å². The standard InChI is InChI=1S/C26H26F4N4O3/c1-33-9-6-17(12-22(33)35)21-13-19-23(20(27)14-31-24(19)32-21)15-7-10-34(11-8-15)25(36)16-2-4-18(5-3-16)37-26(28,29)30/h2-5,13-15,17H,6-12H2,1H3,(H,31,32). The van der Waals surface area contributed by atoms with Crippen LogP contribution in [0.3, 0.4) is 0 Å². The van der Waals surface area contributed by atoms with E-state index in [-0.39, 0.29) is 29.2 Å². The number of likely N-dealkylation sites (tertiary alicyclic amines) is 2. The van der Waals surface area contributed by atoms with Crippen LogP contribution in [-0.4, -0.2) is 64.6 Å². The molecule has 0 spiro atoms. The largest absolute Gasteiger partial charge is 0.573 e. The fraction of sp³-hybridized carbons (Fsp3) is 0.423. The Labute approximate surface area is 210 Å². The number of aromatic amines is 1. The Morgan fingerprint density at radius 2 is 1.76 bits per heavy atom. The second-order valence-electron chi connectivity index (χ2n) is 9.65. The van der Waals surface area contributed by atoms with Crippen molar-refractivity contribution in [3.05, 3.63) is 59.2 Å². The van der Waals surface area contributed by atoms with Gasteiger partial charge in [-0.05, 0) is 55.5 Å². The Morgan fingerprint density at radius 1 is 1.08 bits per heavy atom. The van der Waals surface area contributed by atoms with Gasteiger partial charge < -0.3 is 19.5 Å². The Kier molecular flexibility index (Phi) is 6.55. The normalized spacial score (nSPS) is 19.5. The number of amides is 2. The number of pyridine rings is 1. The van der Waals surface area contributed by atoms with Crippen LogP contribution in [0.25, 0.3) is 11.0 Å². The van der Waals surface area contributed by atoms with Crippen molar-refractivity contribution in [2.24, 2.45) is 0 Å². The molecule has 7 nitrogen and oxygen atoms in total. The van der Waals surface area contributed by atoms with E-state index in [2.05, 4.69) is 14.7 Å². The van der Waals surface area contributed by atoms with E-state index in [0.717, 1.165) is 24.2 Å². The quantitative estimate of drug-likeness (QED) is 0.496. The van der Waals surface area contributed by atoms with Crippen LogP contribution in [0.15, 0.2) is 36.5 Å². The SMILES string of the molecule is CN1CCC(c2cc3c(C4CCN(C(=O)c5ccc(OC(F)(F)F)cc5)CC4)c(F)cnc3[nH]2)CC1=O. The summed E-state index contributed by atoms with van der Waals surface area (Å²) in [5, 5.41) is 0.700. The van der Waals surface area contributed by atoms with Crippen LogP contribution < -0.4 is 4.74 Å². The maximum Gasteiger partial charge on any atom is 0.573 e. The van der Waals surface area contributed by atoms with Crippen molar-refractivity contribution in [3.8, 4) is 5.75 Å². The van der Waals surface area contributed by atoms with Crippen molar-refractivity contribution in [2.75, 3.05) is 26.7 Å². The first-order chi connectivity index (χ1) is 17.6. The van der Waals surface area contributed by atoms with E-state index in [1.165, 1.54) is 18.3 Å². The highest BCUT2D eigenvalue weighted by atomic mass is 19.4. The molecule has 0 bridgehead atoms. The molecule has 1 aromatic carbocycles. The number of piperidine rings is 2. The fourth-order valence-electron chi connectivity index (χ4n) is 5.29. The number of halogens is 4. The number of carbonyl (C=O) groups excluding carboxylic acids is 2. The number of H-pyrrole nitrogens is 1. The predicted octanol–water partition coefficient (Wildman–Crippen LogP) is 4.96. The third kappa shape index (κ3) is 5.26. The zero-order chi connectivity index (χ0) is 26.3. The van der Waals surface area contributed by atoms with Crippen LogP contribution in [0.4, 0.5) is 17.6 Å². The molecule has 2 fully saturated rings. The highest BCUT2D eigenvalue weighted by Crippen LogP contribution is 2.37. The Hall–Kier alpha value is -3.63. The summed E-state index contributed by atoms with van der Waals surface area (Å²) in [6.07, 6.45) is -1.32. The van der Waals surface area contributed by atoms with Crippen molar-refractivity contribution >= 4 is 22.8 Å². The topological polar surface area (TPSA) is 78.5 Å². The van der Waals surface area contributed by atoms with Crippen molar-refractivity contribution in [2.45, 2.75) is 43.9 Å². The van der Waals surface area contributed by atoms with Gasteiger partial charge in [0.1, 0.15) is 17.2 Å². The summed E-state index contributed by atoms with van der Waals surface area (Å²) in [7, 11) is 1.79. The summed E-state index contributed by atoms with van der Waals surface area (Å²) in [5.41, 5.74) is 2.28. The van der Waals surface area contributed by atoms with Gasteiger partial charge in [-0.2, -0.15) is 0 Å². The van der Waals surface area contributed by atoms with Gasteiger partial charge in [0.25, 0.3) is 5.91 Å². The molecule has 3 aromatic rings. The molecular weight excluding hydrogens is 492 g/mol. The first kappa shape index (κ1) is 25.0. The number of hydrogen-bond acceptors (Lipinski definition) is 4. The van der Waals surface area contributed by atoms with E-state index in [0.29, 0.717) is 55.5 Å². The number of carbonyl (C=O) groups is 2. The van der Waals surface area contributed by atoms with Gasteiger partial charge in [-0.15, -0.1) is 13.2 Å². The summed E-state index contributed by atoms with van der Waals surface area (Å²) in [6.45, 7) is 1.43. The molecule has 1 atom stereocenters. The lowest BCUT2D eigenvalue weighted by Gasteiger charge is -2.32. The lowest BCUT2D eigenvalue weighted by atomic mass is 9.87. The van der Waals surface area contributed by atoms with Crippen LogP contribution in [0, 0.1) is 5.82 Å². The number of alkyl halides is 3. The molecule has 2 aromatic heterocycles. The van der Waals surface area contributed by atoms with Crippen molar-refractivity contribution in [3.63, 3.8) is 0 Å². The minimum absolute atomic E-state index is 0.0289. The number of rotatable bonds is 4. The molecule has 5 rings (SSSR count). The third-order valence-electron chi connectivity index (χ3n) is 7.30. The zero-order valence-electron chi connectivity index (χ0n) is 20.1. The molecule has 37 heavy (non-hydrogen) atoms. The number of nitrogens with zero attached hydrogens (tertiary/aromatic N) is 3. The average molecular weight is 519 g/mol. The Morgan fingerprint density at radius 3 is 2.41 bits per heavy atom. The van der Waals surface area contributed by atoms with Gasteiger partial charge in [0.2, 0.25) is 5.91 Å². The van der Waals surface area contributed by atoms with Gasteiger partial charge in [-0.25, -0.2) is 9.37 Å². The van der Waals surface area contributed by atoms with Crippen LogP contribution >= 0.6 is 0 Å². The van der Waals surface area contributed by atoms with E-state index >= 15 is 4.39 Å². The predicted molar refractivity (Wildman–Crippen MR) is 127 cm³/mol. The molecule has 4 heterocycles. The molecule has 2 aliphatic heterocycles. The summed E-state index contributed by atoms with van der Waals surface area (Å²) in [6, 6.07) is 6.73. The van der Waals surface area contributed by atoms with Crippen LogP contribution in [0.1, 0.15) is 59.1 Å². The van der Waals surface area contributed by atoms with E-state index in [1.807, 2.05) is 6.07 Å². The molecule has 11 heteroatoms. The average Bonchev–Trinajstić information content (AvgIpc) is 3.29. The number of hydrogen-bond donors (Lipinski definition) is 1. The first-order valence-corrected chi connectivity index (χ1v) is 12.1. The number of ether oxygens (including phenoxy) is 1. The maximum atomic E-state index is 15.0. The van der Waals surface area contributed by atoms with Crippen molar-refractivity contribution in [1.82, 2.24) is 19.8 Å². The minimum Gasteiger partial charge on any atom is -0.406 e. The highest BCUT2D eigenvalue weighted by Gasteiger charge is 2.32. The number of nitrogens with one attached hydrogen (secondary N) is 1. The lowest BCUT2D eigenvalue weighted by Crippen LogP contribution is -2.38. The molecule has 0 aliphatic carbocycles. The van der Waals surface area contributed by atoms with Crippen LogP contribution in [0.5, 0.6) is 5.75 Å². The molecule has 0 radical (unpaired) electrons. The Balaban J connectivity index is 1.29. The fourth-order valence-corrected chi connectivity index (χ4v) is 5.29. The Bertz CT molecular complexity index is 1310. The number of benzene rings is 1. The van der Waals surface area contributed by atoms with E-state index in [1.54, 1.807) is 16.8 Å². The van der Waals surface area contributed by atoms with Gasteiger partial charge in [0.15, 0.2) is 0 Å².